The fourth-order valence-electron chi connectivity index (χ4n) is 2.53. The van der Waals surface area contributed by atoms with Crippen molar-refractivity contribution in [2.45, 2.75) is 38.3 Å². The summed E-state index contributed by atoms with van der Waals surface area (Å²) < 4.78 is 12.9. The minimum atomic E-state index is -1.04. The molecule has 1 atom stereocenters. The molecule has 1 heterocycles. The van der Waals surface area contributed by atoms with Crippen molar-refractivity contribution in [1.82, 2.24) is 10.2 Å². The molecule has 0 bridgehead atoms. The Balaban J connectivity index is 2.14. The molecular weight excluding hydrogens is 275 g/mol. The molecule has 1 aliphatic heterocycles. The maximum atomic E-state index is 12.9. The van der Waals surface area contributed by atoms with Crippen LogP contribution in [0.3, 0.4) is 0 Å². The van der Waals surface area contributed by atoms with Crippen molar-refractivity contribution in [2.24, 2.45) is 0 Å². The van der Waals surface area contributed by atoms with E-state index in [9.17, 15) is 19.1 Å². The Kier molecular flexibility index (Phi) is 4.27. The van der Waals surface area contributed by atoms with Crippen LogP contribution in [0.25, 0.3) is 0 Å². The number of nitrogens with zero attached hydrogens (tertiary/aromatic N) is 1. The first-order valence-corrected chi connectivity index (χ1v) is 7.01. The second-order valence-corrected chi connectivity index (χ2v) is 5.20. The number of aliphatic hydroxyl groups is 1. The molecule has 5 nitrogen and oxygen atoms in total. The molecule has 1 aliphatic rings. The molecule has 0 radical (unpaired) electrons. The number of amides is 3. The topological polar surface area (TPSA) is 69.6 Å². The van der Waals surface area contributed by atoms with Crippen molar-refractivity contribution in [3.8, 4) is 0 Å². The van der Waals surface area contributed by atoms with Gasteiger partial charge in [-0.05, 0) is 30.5 Å². The minimum Gasteiger partial charge on any atom is -0.387 e. The van der Waals surface area contributed by atoms with Crippen LogP contribution in [0, 0.1) is 5.82 Å². The number of benzene rings is 1. The summed E-state index contributed by atoms with van der Waals surface area (Å²) in [7, 11) is 0. The zero-order valence-electron chi connectivity index (χ0n) is 12.1. The number of aliphatic hydroxyl groups excluding tert-OH is 1. The van der Waals surface area contributed by atoms with E-state index in [4.69, 9.17) is 0 Å². The van der Waals surface area contributed by atoms with Crippen molar-refractivity contribution < 1.29 is 19.1 Å². The van der Waals surface area contributed by atoms with Crippen molar-refractivity contribution in [1.29, 1.82) is 0 Å². The molecule has 1 aromatic rings. The van der Waals surface area contributed by atoms with E-state index >= 15 is 0 Å². The van der Waals surface area contributed by atoms with E-state index in [0.29, 0.717) is 18.4 Å². The zero-order valence-corrected chi connectivity index (χ0v) is 12.1. The molecule has 1 aromatic carbocycles. The number of hydrogen-bond donors (Lipinski definition) is 2. The normalized spacial score (nSPS) is 18.8. The Morgan fingerprint density at radius 2 is 1.81 bits per heavy atom. The van der Waals surface area contributed by atoms with Crippen LogP contribution in [0.2, 0.25) is 0 Å². The smallest absolute Gasteiger partial charge is 0.325 e. The van der Waals surface area contributed by atoms with Gasteiger partial charge in [0.25, 0.3) is 5.91 Å². The molecular formula is C15H19FN2O3. The molecule has 3 amide bonds. The fraction of sp³-hybridized carbons (Fsp3) is 0.467. The molecule has 0 spiro atoms. The number of β-amino-alcohol motifs (C(OH)–C–C–N with tert-alkyl or cyclic N) is 1. The van der Waals surface area contributed by atoms with Crippen LogP contribution < -0.4 is 5.32 Å². The van der Waals surface area contributed by atoms with E-state index in [0.717, 1.165) is 4.90 Å². The van der Waals surface area contributed by atoms with Gasteiger partial charge in [0, 0.05) is 0 Å². The first kappa shape index (κ1) is 15.4. The monoisotopic (exact) mass is 294 g/mol. The van der Waals surface area contributed by atoms with Crippen molar-refractivity contribution in [3.05, 3.63) is 35.6 Å². The van der Waals surface area contributed by atoms with E-state index in [1.54, 1.807) is 0 Å². The Hall–Kier alpha value is -1.95. The van der Waals surface area contributed by atoms with Gasteiger partial charge < -0.3 is 10.4 Å². The van der Waals surface area contributed by atoms with Gasteiger partial charge in [-0.1, -0.05) is 26.0 Å². The summed E-state index contributed by atoms with van der Waals surface area (Å²) in [6.07, 6.45) is -0.0427. The standard InChI is InChI=1S/C15H19FN2O3/c1-3-15(4-2)13(20)18(14(21)17-15)9-12(19)10-5-7-11(16)8-6-10/h5-8,12,19H,3-4,9H2,1-2H3,(H,17,21). The fourth-order valence-corrected chi connectivity index (χ4v) is 2.53. The number of nitrogens with one attached hydrogen (secondary N) is 1. The molecule has 6 heteroatoms. The van der Waals surface area contributed by atoms with Crippen LogP contribution in [-0.4, -0.2) is 34.0 Å². The number of rotatable bonds is 5. The van der Waals surface area contributed by atoms with Gasteiger partial charge in [-0.2, -0.15) is 0 Å². The van der Waals surface area contributed by atoms with Crippen LogP contribution in [0.15, 0.2) is 24.3 Å². The first-order chi connectivity index (χ1) is 9.93. The summed E-state index contributed by atoms with van der Waals surface area (Å²) in [6, 6.07) is 4.83. The Bertz CT molecular complexity index is 540. The van der Waals surface area contributed by atoms with Crippen molar-refractivity contribution >= 4 is 11.9 Å². The maximum Gasteiger partial charge on any atom is 0.325 e. The third-order valence-corrected chi connectivity index (χ3v) is 4.06. The average Bonchev–Trinajstić information content (AvgIpc) is 2.72. The maximum absolute atomic E-state index is 12.9. The van der Waals surface area contributed by atoms with Gasteiger partial charge in [0.2, 0.25) is 0 Å². The van der Waals surface area contributed by atoms with Crippen LogP contribution in [0.5, 0.6) is 0 Å². The minimum absolute atomic E-state index is 0.141. The number of urea groups is 1. The number of carbonyl (C=O) groups excluding carboxylic acids is 2. The molecule has 0 aromatic heterocycles. The highest BCUT2D eigenvalue weighted by molar-refractivity contribution is 6.07. The van der Waals surface area contributed by atoms with Crippen molar-refractivity contribution in [2.75, 3.05) is 6.54 Å². The number of imide groups is 1. The van der Waals surface area contributed by atoms with Gasteiger partial charge >= 0.3 is 6.03 Å². The first-order valence-electron chi connectivity index (χ1n) is 7.01. The average molecular weight is 294 g/mol. The number of carbonyl (C=O) groups is 2. The zero-order chi connectivity index (χ0) is 15.6. The van der Waals surface area contributed by atoms with E-state index in [1.165, 1.54) is 24.3 Å². The van der Waals surface area contributed by atoms with Gasteiger partial charge in [-0.15, -0.1) is 0 Å². The lowest BCUT2D eigenvalue weighted by atomic mass is 9.93. The lowest BCUT2D eigenvalue weighted by Crippen LogP contribution is -2.46. The van der Waals surface area contributed by atoms with Gasteiger partial charge in [0.1, 0.15) is 11.4 Å². The highest BCUT2D eigenvalue weighted by atomic mass is 19.1. The second-order valence-electron chi connectivity index (χ2n) is 5.20. The van der Waals surface area contributed by atoms with Crippen LogP contribution in [-0.2, 0) is 4.79 Å². The lowest BCUT2D eigenvalue weighted by Gasteiger charge is -2.24. The Labute approximate surface area is 122 Å². The van der Waals surface area contributed by atoms with Gasteiger partial charge in [0.05, 0.1) is 12.6 Å². The summed E-state index contributed by atoms with van der Waals surface area (Å²) in [5, 5.41) is 12.8. The number of halogens is 1. The predicted octanol–water partition coefficient (Wildman–Crippen LogP) is 1.97. The summed E-state index contributed by atoms with van der Waals surface area (Å²) in [4.78, 5) is 25.4. The van der Waals surface area contributed by atoms with E-state index in [2.05, 4.69) is 5.32 Å². The van der Waals surface area contributed by atoms with Gasteiger partial charge in [0.15, 0.2) is 0 Å². The molecule has 2 rings (SSSR count). The van der Waals surface area contributed by atoms with E-state index < -0.39 is 23.5 Å². The lowest BCUT2D eigenvalue weighted by molar-refractivity contribution is -0.132. The van der Waals surface area contributed by atoms with Crippen molar-refractivity contribution in [3.63, 3.8) is 0 Å². The van der Waals surface area contributed by atoms with Gasteiger partial charge in [-0.25, -0.2) is 9.18 Å². The quantitative estimate of drug-likeness (QED) is 0.816. The summed E-state index contributed by atoms with van der Waals surface area (Å²) in [5.74, 6) is -0.726. The highest BCUT2D eigenvalue weighted by Crippen LogP contribution is 2.26. The van der Waals surface area contributed by atoms with E-state index in [-0.39, 0.29) is 12.5 Å². The number of hydrogen-bond acceptors (Lipinski definition) is 3. The predicted molar refractivity (Wildman–Crippen MR) is 74.9 cm³/mol. The largest absolute Gasteiger partial charge is 0.387 e. The molecule has 21 heavy (non-hydrogen) atoms. The molecule has 2 N–H and O–H groups in total. The van der Waals surface area contributed by atoms with Gasteiger partial charge in [-0.3, -0.25) is 9.69 Å². The molecule has 1 saturated heterocycles. The summed E-state index contributed by atoms with van der Waals surface area (Å²) in [6.45, 7) is 3.53. The Morgan fingerprint density at radius 1 is 1.24 bits per heavy atom. The molecule has 114 valence electrons. The molecule has 0 aliphatic carbocycles. The van der Waals surface area contributed by atoms with Crippen LogP contribution in [0.4, 0.5) is 9.18 Å². The third-order valence-electron chi connectivity index (χ3n) is 4.06. The van der Waals surface area contributed by atoms with Crippen LogP contribution >= 0.6 is 0 Å². The van der Waals surface area contributed by atoms with Crippen LogP contribution in [0.1, 0.15) is 38.4 Å². The second kappa shape index (κ2) is 5.81. The Morgan fingerprint density at radius 3 is 2.29 bits per heavy atom. The highest BCUT2D eigenvalue weighted by Gasteiger charge is 2.49. The summed E-state index contributed by atoms with van der Waals surface area (Å²) >= 11 is 0. The van der Waals surface area contributed by atoms with E-state index in [1.807, 2.05) is 13.8 Å². The third kappa shape index (κ3) is 2.76. The summed E-state index contributed by atoms with van der Waals surface area (Å²) in [5.41, 5.74) is -0.415. The SMILES string of the molecule is CCC1(CC)NC(=O)N(CC(O)c2ccc(F)cc2)C1=O. The molecule has 0 saturated carbocycles. The molecule has 1 unspecified atom stereocenters. The molecule has 1 fully saturated rings.